The number of unbranched alkanes of at least 4 members (excludes halogenated alkanes) is 2. The Hall–Kier alpha value is -1.10. The van der Waals surface area contributed by atoms with Crippen LogP contribution in [0.5, 0.6) is 0 Å². The van der Waals surface area contributed by atoms with E-state index in [9.17, 15) is 9.59 Å². The quantitative estimate of drug-likeness (QED) is 0.457. The molecule has 0 aromatic heterocycles. The molecular formula is C13H26N2O3. The van der Waals surface area contributed by atoms with E-state index in [2.05, 4.69) is 10.6 Å². The summed E-state index contributed by atoms with van der Waals surface area (Å²) in [5.41, 5.74) is 0. The molecule has 0 aromatic rings. The molecule has 0 rings (SSSR count). The van der Waals surface area contributed by atoms with Gasteiger partial charge in [0.25, 0.3) is 0 Å². The smallest absolute Gasteiger partial charge is 0.305 e. The highest BCUT2D eigenvalue weighted by Crippen LogP contribution is 2.00. The third-order valence-corrected chi connectivity index (χ3v) is 2.27. The van der Waals surface area contributed by atoms with Crippen LogP contribution < -0.4 is 10.6 Å². The fourth-order valence-electron chi connectivity index (χ4n) is 1.50. The molecule has 0 fully saturated rings. The van der Waals surface area contributed by atoms with Crippen LogP contribution in [0.1, 0.15) is 46.5 Å². The number of hydrogen-bond donors (Lipinski definition) is 2. The van der Waals surface area contributed by atoms with Crippen molar-refractivity contribution in [2.45, 2.75) is 52.5 Å². The number of carbonyl (C=O) groups is 2. The number of carbonyl (C=O) groups excluding carboxylic acids is 2. The van der Waals surface area contributed by atoms with Crippen molar-refractivity contribution in [3.05, 3.63) is 0 Å². The maximum atomic E-state index is 11.3. The van der Waals surface area contributed by atoms with Gasteiger partial charge in [0.15, 0.2) is 0 Å². The minimum Gasteiger partial charge on any atom is -0.466 e. The molecule has 0 aromatic carbocycles. The van der Waals surface area contributed by atoms with Crippen LogP contribution in [0.3, 0.4) is 0 Å². The number of ether oxygens (including phenoxy) is 1. The van der Waals surface area contributed by atoms with Crippen molar-refractivity contribution in [3.63, 3.8) is 0 Å². The topological polar surface area (TPSA) is 67.4 Å². The second kappa shape index (κ2) is 11.0. The first-order valence-corrected chi connectivity index (χ1v) is 6.72. The number of hydrogen-bond acceptors (Lipinski definition) is 4. The Bertz CT molecular complexity index is 242. The molecule has 0 spiro atoms. The van der Waals surface area contributed by atoms with Gasteiger partial charge in [0.2, 0.25) is 5.91 Å². The van der Waals surface area contributed by atoms with E-state index in [1.807, 2.05) is 20.8 Å². The van der Waals surface area contributed by atoms with Crippen LogP contribution >= 0.6 is 0 Å². The van der Waals surface area contributed by atoms with E-state index in [4.69, 9.17) is 4.74 Å². The van der Waals surface area contributed by atoms with Crippen LogP contribution in [0.15, 0.2) is 0 Å². The van der Waals surface area contributed by atoms with Crippen molar-refractivity contribution < 1.29 is 14.3 Å². The molecule has 2 N–H and O–H groups in total. The average Bonchev–Trinajstić information content (AvgIpc) is 2.27. The highest BCUT2D eigenvalue weighted by Gasteiger charge is 2.02. The maximum Gasteiger partial charge on any atom is 0.305 e. The van der Waals surface area contributed by atoms with Crippen molar-refractivity contribution in [3.8, 4) is 0 Å². The zero-order chi connectivity index (χ0) is 13.8. The van der Waals surface area contributed by atoms with Crippen molar-refractivity contribution in [1.82, 2.24) is 10.6 Å². The molecule has 0 saturated heterocycles. The van der Waals surface area contributed by atoms with E-state index < -0.39 is 0 Å². The molecule has 0 aliphatic rings. The van der Waals surface area contributed by atoms with Crippen LogP contribution in [0.25, 0.3) is 0 Å². The fourth-order valence-corrected chi connectivity index (χ4v) is 1.50. The predicted octanol–water partition coefficient (Wildman–Crippen LogP) is 1.22. The third-order valence-electron chi connectivity index (χ3n) is 2.27. The average molecular weight is 258 g/mol. The highest BCUT2D eigenvalue weighted by molar-refractivity contribution is 5.78. The Balaban J connectivity index is 3.26. The van der Waals surface area contributed by atoms with Gasteiger partial charge in [-0.2, -0.15) is 0 Å². The summed E-state index contributed by atoms with van der Waals surface area (Å²) < 4.78 is 4.83. The first-order chi connectivity index (χ1) is 8.56. The summed E-state index contributed by atoms with van der Waals surface area (Å²) in [6.07, 6.45) is 3.27. The van der Waals surface area contributed by atoms with Crippen LogP contribution in [0.4, 0.5) is 0 Å². The summed E-state index contributed by atoms with van der Waals surface area (Å²) in [7, 11) is 0. The number of amides is 1. The molecule has 0 atom stereocenters. The Labute approximate surface area is 110 Å². The summed E-state index contributed by atoms with van der Waals surface area (Å²) in [5, 5.41) is 5.89. The van der Waals surface area contributed by atoms with Gasteiger partial charge in [-0.3, -0.25) is 9.59 Å². The van der Waals surface area contributed by atoms with E-state index in [-0.39, 0.29) is 17.9 Å². The normalized spacial score (nSPS) is 10.4. The first-order valence-electron chi connectivity index (χ1n) is 6.72. The van der Waals surface area contributed by atoms with Crippen molar-refractivity contribution in [2.75, 3.05) is 19.7 Å². The summed E-state index contributed by atoms with van der Waals surface area (Å²) in [6.45, 7) is 7.29. The lowest BCUT2D eigenvalue weighted by molar-refractivity contribution is -0.143. The number of nitrogens with one attached hydrogen (secondary N) is 2. The molecule has 106 valence electrons. The summed E-state index contributed by atoms with van der Waals surface area (Å²) in [6, 6.07) is 0.184. The molecule has 0 aliphatic heterocycles. The predicted molar refractivity (Wildman–Crippen MR) is 71.2 cm³/mol. The van der Waals surface area contributed by atoms with E-state index in [0.717, 1.165) is 25.8 Å². The van der Waals surface area contributed by atoms with Crippen LogP contribution in [0.2, 0.25) is 0 Å². The van der Waals surface area contributed by atoms with Gasteiger partial charge < -0.3 is 15.4 Å². The fraction of sp³-hybridized carbons (Fsp3) is 0.846. The lowest BCUT2D eigenvalue weighted by atomic mass is 10.2. The van der Waals surface area contributed by atoms with E-state index >= 15 is 0 Å². The molecular weight excluding hydrogens is 232 g/mol. The van der Waals surface area contributed by atoms with Crippen LogP contribution in [0, 0.1) is 0 Å². The van der Waals surface area contributed by atoms with E-state index in [1.165, 1.54) is 0 Å². The Morgan fingerprint density at radius 1 is 1.17 bits per heavy atom. The second-order valence-electron chi connectivity index (χ2n) is 4.51. The molecule has 0 radical (unpaired) electrons. The zero-order valence-electron chi connectivity index (χ0n) is 11.8. The lowest BCUT2D eigenvalue weighted by Gasteiger charge is -2.09. The van der Waals surface area contributed by atoms with Gasteiger partial charge in [-0.1, -0.05) is 6.42 Å². The standard InChI is InChI=1S/C13H26N2O3/c1-4-18-13(17)8-6-5-7-9-14-10-12(16)15-11(2)3/h11,14H,4-10H2,1-3H3,(H,15,16). The molecule has 5 heteroatoms. The number of rotatable bonds is 10. The maximum absolute atomic E-state index is 11.3. The molecule has 5 nitrogen and oxygen atoms in total. The Kier molecular flexibility index (Phi) is 10.3. The molecule has 0 unspecified atom stereocenters. The summed E-state index contributed by atoms with van der Waals surface area (Å²) in [5.74, 6) is -0.0988. The molecule has 0 heterocycles. The number of esters is 1. The molecule has 1 amide bonds. The van der Waals surface area contributed by atoms with Gasteiger partial charge in [-0.15, -0.1) is 0 Å². The van der Waals surface area contributed by atoms with Crippen molar-refractivity contribution in [2.24, 2.45) is 0 Å². The zero-order valence-corrected chi connectivity index (χ0v) is 11.8. The van der Waals surface area contributed by atoms with Gasteiger partial charge in [0, 0.05) is 12.5 Å². The molecule has 0 aliphatic carbocycles. The van der Waals surface area contributed by atoms with Crippen molar-refractivity contribution in [1.29, 1.82) is 0 Å². The highest BCUT2D eigenvalue weighted by atomic mass is 16.5. The third kappa shape index (κ3) is 11.4. The minimum absolute atomic E-state index is 0.0246. The monoisotopic (exact) mass is 258 g/mol. The summed E-state index contributed by atoms with van der Waals surface area (Å²) >= 11 is 0. The van der Waals surface area contributed by atoms with Gasteiger partial charge in [0.1, 0.15) is 0 Å². The minimum atomic E-state index is -0.123. The van der Waals surface area contributed by atoms with Crippen LogP contribution in [-0.4, -0.2) is 37.6 Å². The van der Waals surface area contributed by atoms with Gasteiger partial charge in [-0.25, -0.2) is 0 Å². The first kappa shape index (κ1) is 16.9. The lowest BCUT2D eigenvalue weighted by Crippen LogP contribution is -2.37. The Morgan fingerprint density at radius 2 is 1.89 bits per heavy atom. The van der Waals surface area contributed by atoms with E-state index in [1.54, 1.807) is 0 Å². The molecule has 0 bridgehead atoms. The van der Waals surface area contributed by atoms with Gasteiger partial charge in [0.05, 0.1) is 13.2 Å². The van der Waals surface area contributed by atoms with Crippen molar-refractivity contribution >= 4 is 11.9 Å². The van der Waals surface area contributed by atoms with Gasteiger partial charge in [-0.05, 0) is 40.2 Å². The van der Waals surface area contributed by atoms with Gasteiger partial charge >= 0.3 is 5.97 Å². The largest absolute Gasteiger partial charge is 0.466 e. The molecule has 18 heavy (non-hydrogen) atoms. The second-order valence-corrected chi connectivity index (χ2v) is 4.51. The SMILES string of the molecule is CCOC(=O)CCCCCNCC(=O)NC(C)C. The van der Waals surface area contributed by atoms with Crippen LogP contribution in [-0.2, 0) is 14.3 Å². The Morgan fingerprint density at radius 3 is 2.50 bits per heavy atom. The summed E-state index contributed by atoms with van der Waals surface area (Å²) in [4.78, 5) is 22.3. The molecule has 0 saturated carbocycles. The van der Waals surface area contributed by atoms with E-state index in [0.29, 0.717) is 19.6 Å².